The minimum atomic E-state index is -0.127. The Hall–Kier alpha value is -2.82. The summed E-state index contributed by atoms with van der Waals surface area (Å²) in [6.07, 6.45) is 0. The number of halogens is 2. The highest BCUT2D eigenvalue weighted by molar-refractivity contribution is 6.36. The van der Waals surface area contributed by atoms with Crippen molar-refractivity contribution in [3.8, 4) is 0 Å². The number of aromatic nitrogens is 2. The molecule has 1 heterocycles. The van der Waals surface area contributed by atoms with Gasteiger partial charge >= 0.3 is 0 Å². The highest BCUT2D eigenvalue weighted by Crippen LogP contribution is 2.27. The maximum Gasteiger partial charge on any atom is 0.251 e. The van der Waals surface area contributed by atoms with Gasteiger partial charge in [-0.2, -0.15) is 0 Å². The van der Waals surface area contributed by atoms with Crippen molar-refractivity contribution in [2.75, 3.05) is 0 Å². The standard InChI is InChI=1S/C23H19Cl2N3O/c1-15-7-2-3-8-16(15)23(29)26-13-22-27-20-11-4-5-12-21(20)28(22)14-17-18(24)9-6-10-19(17)25/h2-12H,13-14H2,1H3,(H,26,29). The van der Waals surface area contributed by atoms with Crippen molar-refractivity contribution in [2.45, 2.75) is 20.0 Å². The fourth-order valence-corrected chi connectivity index (χ4v) is 3.88. The van der Waals surface area contributed by atoms with Gasteiger partial charge in [0.05, 0.1) is 24.1 Å². The molecule has 0 aliphatic carbocycles. The molecule has 0 saturated heterocycles. The SMILES string of the molecule is Cc1ccccc1C(=O)NCc1nc2ccccc2n1Cc1c(Cl)cccc1Cl. The van der Waals surface area contributed by atoms with Crippen molar-refractivity contribution in [1.82, 2.24) is 14.9 Å². The normalized spacial score (nSPS) is 11.0. The average molecular weight is 424 g/mol. The Morgan fingerprint density at radius 3 is 2.41 bits per heavy atom. The first-order chi connectivity index (χ1) is 14.0. The number of benzene rings is 3. The number of carbonyl (C=O) groups excluding carboxylic acids is 1. The molecule has 1 N–H and O–H groups in total. The summed E-state index contributed by atoms with van der Waals surface area (Å²) in [7, 11) is 0. The summed E-state index contributed by atoms with van der Waals surface area (Å²) < 4.78 is 2.04. The predicted octanol–water partition coefficient (Wildman–Crippen LogP) is 5.63. The van der Waals surface area contributed by atoms with E-state index in [-0.39, 0.29) is 5.91 Å². The Morgan fingerprint density at radius 1 is 0.966 bits per heavy atom. The monoisotopic (exact) mass is 423 g/mol. The van der Waals surface area contributed by atoms with Crippen LogP contribution in [0.1, 0.15) is 27.3 Å². The van der Waals surface area contributed by atoms with Crippen LogP contribution in [0.3, 0.4) is 0 Å². The van der Waals surface area contributed by atoms with Crippen LogP contribution in [-0.4, -0.2) is 15.5 Å². The summed E-state index contributed by atoms with van der Waals surface area (Å²) in [4.78, 5) is 17.4. The highest BCUT2D eigenvalue weighted by Gasteiger charge is 2.16. The molecule has 6 heteroatoms. The van der Waals surface area contributed by atoms with Gasteiger partial charge in [-0.25, -0.2) is 4.98 Å². The lowest BCUT2D eigenvalue weighted by molar-refractivity contribution is 0.0949. The molecule has 0 bridgehead atoms. The molecule has 4 rings (SSSR count). The van der Waals surface area contributed by atoms with Gasteiger partial charge in [0, 0.05) is 21.2 Å². The molecule has 3 aromatic carbocycles. The first kappa shape index (κ1) is 19.5. The molecule has 0 atom stereocenters. The first-order valence-corrected chi connectivity index (χ1v) is 10.0. The van der Waals surface area contributed by atoms with Gasteiger partial charge in [0.1, 0.15) is 5.82 Å². The Morgan fingerprint density at radius 2 is 1.66 bits per heavy atom. The molecule has 29 heavy (non-hydrogen) atoms. The van der Waals surface area contributed by atoms with E-state index in [1.54, 1.807) is 0 Å². The van der Waals surface area contributed by atoms with Crippen molar-refractivity contribution < 1.29 is 4.79 Å². The molecule has 0 aliphatic heterocycles. The molecule has 1 amide bonds. The maximum absolute atomic E-state index is 12.6. The molecule has 0 fully saturated rings. The van der Waals surface area contributed by atoms with E-state index in [2.05, 4.69) is 5.32 Å². The van der Waals surface area contributed by atoms with Gasteiger partial charge in [0.2, 0.25) is 0 Å². The van der Waals surface area contributed by atoms with E-state index in [0.717, 1.165) is 28.0 Å². The number of rotatable bonds is 5. The second-order valence-corrected chi connectivity index (χ2v) is 7.62. The maximum atomic E-state index is 12.6. The highest BCUT2D eigenvalue weighted by atomic mass is 35.5. The Bertz CT molecular complexity index is 1180. The zero-order chi connectivity index (χ0) is 20.4. The largest absolute Gasteiger partial charge is 0.345 e. The number of hydrogen-bond donors (Lipinski definition) is 1. The zero-order valence-corrected chi connectivity index (χ0v) is 17.3. The summed E-state index contributed by atoms with van der Waals surface area (Å²) in [5.41, 5.74) is 4.23. The number of imidazole rings is 1. The van der Waals surface area contributed by atoms with E-state index in [4.69, 9.17) is 28.2 Å². The molecular weight excluding hydrogens is 405 g/mol. The lowest BCUT2D eigenvalue weighted by Crippen LogP contribution is -2.25. The van der Waals surface area contributed by atoms with Crippen LogP contribution in [-0.2, 0) is 13.1 Å². The Labute approximate surface area is 179 Å². The molecule has 146 valence electrons. The van der Waals surface area contributed by atoms with E-state index >= 15 is 0 Å². The average Bonchev–Trinajstić information content (AvgIpc) is 3.07. The second kappa shape index (κ2) is 8.27. The number of fused-ring (bicyclic) bond motifs is 1. The van der Waals surface area contributed by atoms with Crippen LogP contribution in [0.25, 0.3) is 11.0 Å². The zero-order valence-electron chi connectivity index (χ0n) is 15.8. The third-order valence-corrected chi connectivity index (χ3v) is 5.62. The van der Waals surface area contributed by atoms with Gasteiger partial charge in [-0.3, -0.25) is 4.79 Å². The topological polar surface area (TPSA) is 46.9 Å². The molecule has 0 unspecified atom stereocenters. The van der Waals surface area contributed by atoms with E-state index in [9.17, 15) is 4.79 Å². The molecule has 4 aromatic rings. The van der Waals surface area contributed by atoms with Crippen LogP contribution in [0.15, 0.2) is 66.7 Å². The van der Waals surface area contributed by atoms with Crippen molar-refractivity contribution in [2.24, 2.45) is 0 Å². The van der Waals surface area contributed by atoms with Gasteiger partial charge in [-0.1, -0.05) is 59.6 Å². The second-order valence-electron chi connectivity index (χ2n) is 6.80. The van der Waals surface area contributed by atoms with Gasteiger partial charge in [0.25, 0.3) is 5.91 Å². The van der Waals surface area contributed by atoms with Crippen molar-refractivity contribution >= 4 is 40.1 Å². The van der Waals surface area contributed by atoms with E-state index in [1.165, 1.54) is 0 Å². The number of para-hydroxylation sites is 2. The minimum Gasteiger partial charge on any atom is -0.345 e. The van der Waals surface area contributed by atoms with Crippen molar-refractivity contribution in [3.63, 3.8) is 0 Å². The predicted molar refractivity (Wildman–Crippen MR) is 118 cm³/mol. The van der Waals surface area contributed by atoms with Gasteiger partial charge in [0.15, 0.2) is 0 Å². The van der Waals surface area contributed by atoms with Crippen molar-refractivity contribution in [3.05, 3.63) is 99.3 Å². The third-order valence-electron chi connectivity index (χ3n) is 4.91. The number of amides is 1. The molecule has 0 aliphatic rings. The summed E-state index contributed by atoms with van der Waals surface area (Å²) in [5.74, 6) is 0.613. The molecule has 0 saturated carbocycles. The fourth-order valence-electron chi connectivity index (χ4n) is 3.36. The van der Waals surface area contributed by atoms with Gasteiger partial charge in [-0.15, -0.1) is 0 Å². The number of aryl methyl sites for hydroxylation is 1. The van der Waals surface area contributed by atoms with Crippen LogP contribution < -0.4 is 5.32 Å². The van der Waals surface area contributed by atoms with Gasteiger partial charge in [-0.05, 0) is 42.8 Å². The molecule has 4 nitrogen and oxygen atoms in total. The minimum absolute atomic E-state index is 0.127. The molecular formula is C23H19Cl2N3O. The fraction of sp³-hybridized carbons (Fsp3) is 0.130. The van der Waals surface area contributed by atoms with Crippen LogP contribution in [0.2, 0.25) is 10.0 Å². The van der Waals surface area contributed by atoms with Gasteiger partial charge < -0.3 is 9.88 Å². The first-order valence-electron chi connectivity index (χ1n) is 9.25. The third kappa shape index (κ3) is 4.00. The smallest absolute Gasteiger partial charge is 0.251 e. The van der Waals surface area contributed by atoms with E-state index < -0.39 is 0 Å². The van der Waals surface area contributed by atoms with E-state index in [0.29, 0.717) is 28.7 Å². The Balaban J connectivity index is 1.67. The Kier molecular flexibility index (Phi) is 5.56. The van der Waals surface area contributed by atoms with Crippen LogP contribution in [0, 0.1) is 6.92 Å². The summed E-state index contributed by atoms with van der Waals surface area (Å²) in [6.45, 7) is 2.68. The van der Waals surface area contributed by atoms with Crippen LogP contribution in [0.4, 0.5) is 0 Å². The molecule has 0 radical (unpaired) electrons. The number of nitrogens with zero attached hydrogens (tertiary/aromatic N) is 2. The quantitative estimate of drug-likeness (QED) is 0.451. The number of carbonyl (C=O) groups is 1. The van der Waals surface area contributed by atoms with Crippen LogP contribution >= 0.6 is 23.2 Å². The lowest BCUT2D eigenvalue weighted by Gasteiger charge is -2.13. The molecule has 0 spiro atoms. The number of nitrogens with one attached hydrogen (secondary N) is 1. The van der Waals surface area contributed by atoms with Crippen molar-refractivity contribution in [1.29, 1.82) is 0 Å². The lowest BCUT2D eigenvalue weighted by atomic mass is 10.1. The van der Waals surface area contributed by atoms with E-state index in [1.807, 2.05) is 78.2 Å². The van der Waals surface area contributed by atoms with Crippen LogP contribution in [0.5, 0.6) is 0 Å². The summed E-state index contributed by atoms with van der Waals surface area (Å²) >= 11 is 12.8. The number of hydrogen-bond acceptors (Lipinski definition) is 2. The summed E-state index contributed by atoms with van der Waals surface area (Å²) in [5, 5.41) is 4.19. The summed E-state index contributed by atoms with van der Waals surface area (Å²) in [6, 6.07) is 20.8. The molecule has 1 aromatic heterocycles.